The first-order valence-corrected chi connectivity index (χ1v) is 10.2. The molecule has 1 N–H and O–H groups in total. The van der Waals surface area contributed by atoms with E-state index in [9.17, 15) is 4.79 Å². The minimum atomic E-state index is -0.0988. The van der Waals surface area contributed by atoms with Crippen molar-refractivity contribution in [3.63, 3.8) is 0 Å². The molecule has 0 amide bonds. The van der Waals surface area contributed by atoms with Gasteiger partial charge in [-0.1, -0.05) is 54.6 Å². The molecule has 5 heteroatoms. The second-order valence-corrected chi connectivity index (χ2v) is 7.69. The number of para-hydroxylation sites is 1. The highest BCUT2D eigenvalue weighted by Gasteiger charge is 2.28. The predicted molar refractivity (Wildman–Crippen MR) is 122 cm³/mol. The summed E-state index contributed by atoms with van der Waals surface area (Å²) in [6.07, 6.45) is 0.756. The van der Waals surface area contributed by atoms with Gasteiger partial charge in [-0.15, -0.1) is 0 Å². The molecule has 0 saturated heterocycles. The number of hydrogen-bond donors (Lipinski definition) is 1. The number of ether oxygens (including phenoxy) is 1. The van der Waals surface area contributed by atoms with E-state index in [0.29, 0.717) is 11.0 Å². The second kappa shape index (κ2) is 6.71. The number of fused-ring (bicyclic) bond motifs is 4. The molecule has 0 spiro atoms. The van der Waals surface area contributed by atoms with E-state index in [0.717, 1.165) is 45.8 Å². The number of hydrogen-bond acceptors (Lipinski definition) is 3. The molecular formula is C26H19N3O2. The highest BCUT2D eigenvalue weighted by Crippen LogP contribution is 2.43. The Bertz CT molecular complexity index is 1500. The van der Waals surface area contributed by atoms with Gasteiger partial charge in [0.2, 0.25) is 0 Å². The zero-order valence-electron chi connectivity index (χ0n) is 16.9. The van der Waals surface area contributed by atoms with E-state index < -0.39 is 0 Å². The SMILES string of the molecule is COc1ccc(-c2c3c(nc4[nH]n(-c5ccccc5)c(=O)c24)-c2ccccc2C3)cc1. The molecule has 2 aromatic heterocycles. The standard InChI is InChI=1S/C26H19N3O2/c1-31-19-13-11-16(12-14-19)22-21-15-17-7-5-6-10-20(17)24(21)27-25-23(22)26(30)29(28-25)18-8-3-2-4-9-18/h2-14H,15H2,1H3,(H,27,28). The normalized spacial score (nSPS) is 12.0. The lowest BCUT2D eigenvalue weighted by Crippen LogP contribution is -2.14. The number of pyridine rings is 1. The molecule has 6 rings (SSSR count). The lowest BCUT2D eigenvalue weighted by Gasteiger charge is -2.10. The summed E-state index contributed by atoms with van der Waals surface area (Å²) in [7, 11) is 1.65. The number of benzene rings is 3. The monoisotopic (exact) mass is 405 g/mol. The van der Waals surface area contributed by atoms with Crippen LogP contribution >= 0.6 is 0 Å². The van der Waals surface area contributed by atoms with Crippen molar-refractivity contribution in [1.82, 2.24) is 14.8 Å². The van der Waals surface area contributed by atoms with Crippen LogP contribution in [0.1, 0.15) is 11.1 Å². The van der Waals surface area contributed by atoms with Gasteiger partial charge in [-0.05, 0) is 41.0 Å². The van der Waals surface area contributed by atoms with Gasteiger partial charge in [0.1, 0.15) is 5.75 Å². The second-order valence-electron chi connectivity index (χ2n) is 7.69. The van der Waals surface area contributed by atoms with Crippen molar-refractivity contribution in [2.24, 2.45) is 0 Å². The number of nitrogens with zero attached hydrogens (tertiary/aromatic N) is 2. The summed E-state index contributed by atoms with van der Waals surface area (Å²) in [5.41, 5.74) is 7.59. The third kappa shape index (κ3) is 2.63. The Morgan fingerprint density at radius 3 is 2.45 bits per heavy atom. The molecule has 1 aliphatic rings. The smallest absolute Gasteiger partial charge is 0.281 e. The summed E-state index contributed by atoms with van der Waals surface area (Å²) in [6.45, 7) is 0. The summed E-state index contributed by atoms with van der Waals surface area (Å²) >= 11 is 0. The Kier molecular flexibility index (Phi) is 3.83. The molecule has 0 atom stereocenters. The molecule has 150 valence electrons. The molecular weight excluding hydrogens is 386 g/mol. The molecule has 5 nitrogen and oxygen atoms in total. The van der Waals surface area contributed by atoms with Crippen molar-refractivity contribution in [2.45, 2.75) is 6.42 Å². The number of methoxy groups -OCH3 is 1. The molecule has 31 heavy (non-hydrogen) atoms. The highest BCUT2D eigenvalue weighted by atomic mass is 16.5. The minimum absolute atomic E-state index is 0.0988. The van der Waals surface area contributed by atoms with Crippen LogP contribution in [-0.2, 0) is 6.42 Å². The van der Waals surface area contributed by atoms with Gasteiger partial charge in [-0.25, -0.2) is 9.67 Å². The lowest BCUT2D eigenvalue weighted by atomic mass is 9.96. The molecule has 0 bridgehead atoms. The average molecular weight is 405 g/mol. The van der Waals surface area contributed by atoms with Crippen molar-refractivity contribution in [3.05, 3.63) is 100 Å². The highest BCUT2D eigenvalue weighted by molar-refractivity contribution is 5.99. The number of nitrogens with one attached hydrogen (secondary N) is 1. The van der Waals surface area contributed by atoms with E-state index in [-0.39, 0.29) is 5.56 Å². The molecule has 2 heterocycles. The summed E-state index contributed by atoms with van der Waals surface area (Å²) in [4.78, 5) is 18.5. The van der Waals surface area contributed by atoms with Crippen LogP contribution in [0, 0.1) is 0 Å². The van der Waals surface area contributed by atoms with Gasteiger partial charge in [0, 0.05) is 17.5 Å². The number of H-pyrrole nitrogens is 1. The van der Waals surface area contributed by atoms with Crippen molar-refractivity contribution >= 4 is 11.0 Å². The maximum Gasteiger partial charge on any atom is 0.281 e. The molecule has 0 unspecified atom stereocenters. The molecule has 0 saturated carbocycles. The van der Waals surface area contributed by atoms with Crippen LogP contribution in [0.25, 0.3) is 39.1 Å². The Balaban J connectivity index is 1.70. The maximum atomic E-state index is 13.6. The Labute approximate surface area is 178 Å². The molecule has 3 aromatic carbocycles. The van der Waals surface area contributed by atoms with Crippen molar-refractivity contribution in [1.29, 1.82) is 0 Å². The van der Waals surface area contributed by atoms with Crippen LogP contribution < -0.4 is 10.3 Å². The van der Waals surface area contributed by atoms with Crippen LogP contribution in [0.2, 0.25) is 0 Å². The van der Waals surface area contributed by atoms with Crippen LogP contribution in [0.5, 0.6) is 5.75 Å². The fourth-order valence-corrected chi connectivity index (χ4v) is 4.51. The molecule has 0 fully saturated rings. The zero-order valence-corrected chi connectivity index (χ0v) is 16.9. The Hall–Kier alpha value is -4.12. The largest absolute Gasteiger partial charge is 0.497 e. The van der Waals surface area contributed by atoms with Gasteiger partial charge in [-0.3, -0.25) is 9.89 Å². The first kappa shape index (κ1) is 17.7. The molecule has 0 aliphatic heterocycles. The van der Waals surface area contributed by atoms with Crippen LogP contribution in [0.4, 0.5) is 0 Å². The van der Waals surface area contributed by atoms with Crippen molar-refractivity contribution < 1.29 is 4.74 Å². The van der Waals surface area contributed by atoms with E-state index in [1.54, 1.807) is 11.8 Å². The van der Waals surface area contributed by atoms with Gasteiger partial charge >= 0.3 is 0 Å². The van der Waals surface area contributed by atoms with E-state index in [2.05, 4.69) is 17.2 Å². The van der Waals surface area contributed by atoms with Crippen LogP contribution in [0.15, 0.2) is 83.7 Å². The summed E-state index contributed by atoms with van der Waals surface area (Å²) < 4.78 is 6.91. The number of aromatic nitrogens is 3. The minimum Gasteiger partial charge on any atom is -0.497 e. The summed E-state index contributed by atoms with van der Waals surface area (Å²) in [5.74, 6) is 0.782. The number of aromatic amines is 1. The third-order valence-electron chi connectivity index (χ3n) is 5.97. The van der Waals surface area contributed by atoms with Gasteiger partial charge in [-0.2, -0.15) is 0 Å². The van der Waals surface area contributed by atoms with E-state index in [1.165, 1.54) is 5.56 Å². The fourth-order valence-electron chi connectivity index (χ4n) is 4.51. The zero-order chi connectivity index (χ0) is 20.9. The third-order valence-corrected chi connectivity index (χ3v) is 5.97. The van der Waals surface area contributed by atoms with Crippen LogP contribution in [0.3, 0.4) is 0 Å². The van der Waals surface area contributed by atoms with E-state index in [4.69, 9.17) is 9.72 Å². The maximum absolute atomic E-state index is 13.6. The summed E-state index contributed by atoms with van der Waals surface area (Å²) in [5, 5.41) is 3.85. The van der Waals surface area contributed by atoms with Gasteiger partial charge in [0.05, 0.1) is 23.9 Å². The first-order valence-electron chi connectivity index (χ1n) is 10.2. The van der Waals surface area contributed by atoms with Gasteiger partial charge in [0.25, 0.3) is 5.56 Å². The quantitative estimate of drug-likeness (QED) is 0.453. The van der Waals surface area contributed by atoms with Crippen molar-refractivity contribution in [2.75, 3.05) is 7.11 Å². The predicted octanol–water partition coefficient (Wildman–Crippen LogP) is 4.96. The molecule has 0 radical (unpaired) electrons. The topological polar surface area (TPSA) is 59.9 Å². The Morgan fingerprint density at radius 2 is 1.68 bits per heavy atom. The average Bonchev–Trinajstić information content (AvgIpc) is 3.36. The van der Waals surface area contributed by atoms with Crippen LogP contribution in [-0.4, -0.2) is 21.9 Å². The fraction of sp³-hybridized carbons (Fsp3) is 0.0769. The lowest BCUT2D eigenvalue weighted by molar-refractivity contribution is 0.415. The van der Waals surface area contributed by atoms with E-state index in [1.807, 2.05) is 66.7 Å². The van der Waals surface area contributed by atoms with Gasteiger partial charge < -0.3 is 4.74 Å². The Morgan fingerprint density at radius 1 is 0.935 bits per heavy atom. The number of rotatable bonds is 3. The molecule has 1 aliphatic carbocycles. The molecule has 5 aromatic rings. The van der Waals surface area contributed by atoms with E-state index >= 15 is 0 Å². The summed E-state index contributed by atoms with van der Waals surface area (Å²) in [6, 6.07) is 25.8. The van der Waals surface area contributed by atoms with Crippen molar-refractivity contribution in [3.8, 4) is 33.8 Å². The van der Waals surface area contributed by atoms with Gasteiger partial charge in [0.15, 0.2) is 5.65 Å². The first-order chi connectivity index (χ1) is 15.2.